The second-order valence-corrected chi connectivity index (χ2v) is 4.81. The SMILES string of the molecule is CC(Nc1ccc(C#N)cc1Br)c1cccnc1. The smallest absolute Gasteiger partial charge is 0.0992 e. The molecule has 0 saturated carbocycles. The summed E-state index contributed by atoms with van der Waals surface area (Å²) in [6, 6.07) is 11.7. The molecule has 2 aromatic rings. The van der Waals surface area contributed by atoms with Gasteiger partial charge >= 0.3 is 0 Å². The Hall–Kier alpha value is -1.86. The Morgan fingerprint density at radius 1 is 1.39 bits per heavy atom. The molecule has 0 amide bonds. The van der Waals surface area contributed by atoms with E-state index in [1.54, 1.807) is 18.3 Å². The van der Waals surface area contributed by atoms with E-state index in [0.717, 1.165) is 15.7 Å². The van der Waals surface area contributed by atoms with E-state index in [4.69, 9.17) is 5.26 Å². The summed E-state index contributed by atoms with van der Waals surface area (Å²) in [7, 11) is 0. The number of halogens is 1. The highest BCUT2D eigenvalue weighted by Gasteiger charge is 2.07. The number of rotatable bonds is 3. The number of aromatic nitrogens is 1. The quantitative estimate of drug-likeness (QED) is 0.935. The van der Waals surface area contributed by atoms with Gasteiger partial charge in [0, 0.05) is 22.6 Å². The number of hydrogen-bond acceptors (Lipinski definition) is 3. The molecule has 0 bridgehead atoms. The summed E-state index contributed by atoms with van der Waals surface area (Å²) in [5, 5.41) is 12.2. The molecule has 0 saturated heterocycles. The van der Waals surface area contributed by atoms with E-state index in [0.29, 0.717) is 5.56 Å². The number of anilines is 1. The second-order valence-electron chi connectivity index (χ2n) is 3.96. The largest absolute Gasteiger partial charge is 0.378 e. The average molecular weight is 302 g/mol. The predicted octanol–water partition coefficient (Wildman–Crippen LogP) is 3.89. The van der Waals surface area contributed by atoms with E-state index in [2.05, 4.69) is 39.2 Å². The van der Waals surface area contributed by atoms with Crippen molar-refractivity contribution in [1.29, 1.82) is 5.26 Å². The van der Waals surface area contributed by atoms with Crippen LogP contribution in [0.15, 0.2) is 47.2 Å². The molecule has 2 rings (SSSR count). The third-order valence-electron chi connectivity index (χ3n) is 2.65. The molecule has 0 radical (unpaired) electrons. The average Bonchev–Trinajstić information content (AvgIpc) is 2.42. The number of nitrogens with one attached hydrogen (secondary N) is 1. The zero-order valence-electron chi connectivity index (χ0n) is 9.89. The molecular weight excluding hydrogens is 290 g/mol. The highest BCUT2D eigenvalue weighted by atomic mass is 79.9. The van der Waals surface area contributed by atoms with Gasteiger partial charge < -0.3 is 5.32 Å². The van der Waals surface area contributed by atoms with Gasteiger partial charge in [0.2, 0.25) is 0 Å². The van der Waals surface area contributed by atoms with Gasteiger partial charge in [-0.15, -0.1) is 0 Å². The molecule has 1 aromatic carbocycles. The van der Waals surface area contributed by atoms with Crippen molar-refractivity contribution in [2.45, 2.75) is 13.0 Å². The predicted molar refractivity (Wildman–Crippen MR) is 75.1 cm³/mol. The topological polar surface area (TPSA) is 48.7 Å². The van der Waals surface area contributed by atoms with Crippen molar-refractivity contribution in [2.24, 2.45) is 0 Å². The van der Waals surface area contributed by atoms with Crippen LogP contribution in [-0.4, -0.2) is 4.98 Å². The summed E-state index contributed by atoms with van der Waals surface area (Å²) >= 11 is 3.46. The number of nitriles is 1. The second kappa shape index (κ2) is 5.65. The van der Waals surface area contributed by atoms with Crippen molar-refractivity contribution in [3.05, 3.63) is 58.3 Å². The van der Waals surface area contributed by atoms with E-state index in [1.165, 1.54) is 0 Å². The maximum absolute atomic E-state index is 8.81. The molecule has 0 aliphatic carbocycles. The lowest BCUT2D eigenvalue weighted by Gasteiger charge is -2.16. The third-order valence-corrected chi connectivity index (χ3v) is 3.31. The van der Waals surface area contributed by atoms with E-state index < -0.39 is 0 Å². The first-order valence-corrected chi connectivity index (χ1v) is 6.36. The molecule has 0 aliphatic rings. The number of pyridine rings is 1. The molecule has 3 nitrogen and oxygen atoms in total. The van der Waals surface area contributed by atoms with Gasteiger partial charge in [-0.25, -0.2) is 0 Å². The van der Waals surface area contributed by atoms with Gasteiger partial charge in [0.1, 0.15) is 0 Å². The summed E-state index contributed by atoms with van der Waals surface area (Å²) in [5.41, 5.74) is 2.72. The maximum Gasteiger partial charge on any atom is 0.0992 e. The molecule has 4 heteroatoms. The van der Waals surface area contributed by atoms with Crippen LogP contribution in [0.4, 0.5) is 5.69 Å². The van der Waals surface area contributed by atoms with E-state index in [9.17, 15) is 0 Å². The lowest BCUT2D eigenvalue weighted by atomic mass is 10.1. The van der Waals surface area contributed by atoms with Crippen molar-refractivity contribution < 1.29 is 0 Å². The summed E-state index contributed by atoms with van der Waals surface area (Å²) < 4.78 is 0.886. The molecular formula is C14H12BrN3. The summed E-state index contributed by atoms with van der Waals surface area (Å²) in [6.07, 6.45) is 3.60. The van der Waals surface area contributed by atoms with Crippen LogP contribution < -0.4 is 5.32 Å². The minimum Gasteiger partial charge on any atom is -0.378 e. The summed E-state index contributed by atoms with van der Waals surface area (Å²) in [5.74, 6) is 0. The van der Waals surface area contributed by atoms with Crippen molar-refractivity contribution in [3.8, 4) is 6.07 Å². The first-order chi connectivity index (χ1) is 8.70. The zero-order chi connectivity index (χ0) is 13.0. The summed E-state index contributed by atoms with van der Waals surface area (Å²) in [6.45, 7) is 2.07. The Balaban J connectivity index is 2.18. The lowest BCUT2D eigenvalue weighted by molar-refractivity contribution is 0.874. The fourth-order valence-corrected chi connectivity index (χ4v) is 2.14. The van der Waals surface area contributed by atoms with E-state index in [1.807, 2.05) is 24.4 Å². The Labute approximate surface area is 115 Å². The van der Waals surface area contributed by atoms with Crippen LogP contribution in [0.3, 0.4) is 0 Å². The fourth-order valence-electron chi connectivity index (χ4n) is 1.65. The van der Waals surface area contributed by atoms with Gasteiger partial charge in [0.25, 0.3) is 0 Å². The Morgan fingerprint density at radius 3 is 2.83 bits per heavy atom. The van der Waals surface area contributed by atoms with Gasteiger partial charge in [-0.05, 0) is 52.7 Å². The van der Waals surface area contributed by atoms with Crippen LogP contribution in [0, 0.1) is 11.3 Å². The molecule has 0 fully saturated rings. The fraction of sp³-hybridized carbons (Fsp3) is 0.143. The third kappa shape index (κ3) is 2.88. The van der Waals surface area contributed by atoms with E-state index >= 15 is 0 Å². The van der Waals surface area contributed by atoms with Crippen LogP contribution in [0.2, 0.25) is 0 Å². The maximum atomic E-state index is 8.81. The molecule has 18 heavy (non-hydrogen) atoms. The number of benzene rings is 1. The van der Waals surface area contributed by atoms with Crippen LogP contribution in [0.5, 0.6) is 0 Å². The standard InChI is InChI=1S/C14H12BrN3/c1-10(12-3-2-6-17-9-12)18-14-5-4-11(8-16)7-13(14)15/h2-7,9-10,18H,1H3. The first kappa shape index (κ1) is 12.6. The number of hydrogen-bond donors (Lipinski definition) is 1. The minimum atomic E-state index is 0.155. The lowest BCUT2D eigenvalue weighted by Crippen LogP contribution is -2.07. The van der Waals surface area contributed by atoms with Gasteiger partial charge in [0.05, 0.1) is 17.7 Å². The molecule has 0 spiro atoms. The van der Waals surface area contributed by atoms with Crippen molar-refractivity contribution in [2.75, 3.05) is 5.32 Å². The molecule has 90 valence electrons. The molecule has 0 aliphatic heterocycles. The highest BCUT2D eigenvalue weighted by Crippen LogP contribution is 2.27. The zero-order valence-corrected chi connectivity index (χ0v) is 11.5. The Morgan fingerprint density at radius 2 is 2.22 bits per heavy atom. The molecule has 1 aromatic heterocycles. The van der Waals surface area contributed by atoms with Gasteiger partial charge in [-0.1, -0.05) is 6.07 Å². The molecule has 1 N–H and O–H groups in total. The van der Waals surface area contributed by atoms with Crippen molar-refractivity contribution in [1.82, 2.24) is 4.98 Å². The van der Waals surface area contributed by atoms with Crippen LogP contribution in [-0.2, 0) is 0 Å². The van der Waals surface area contributed by atoms with Crippen molar-refractivity contribution in [3.63, 3.8) is 0 Å². The first-order valence-electron chi connectivity index (χ1n) is 5.57. The normalized spacial score (nSPS) is 11.6. The molecule has 1 unspecified atom stereocenters. The van der Waals surface area contributed by atoms with Crippen LogP contribution in [0.25, 0.3) is 0 Å². The van der Waals surface area contributed by atoms with Gasteiger partial charge in [-0.2, -0.15) is 5.26 Å². The van der Waals surface area contributed by atoms with Crippen LogP contribution in [0.1, 0.15) is 24.1 Å². The molecule has 1 atom stereocenters. The van der Waals surface area contributed by atoms with Crippen LogP contribution >= 0.6 is 15.9 Å². The van der Waals surface area contributed by atoms with Gasteiger partial charge in [0.15, 0.2) is 0 Å². The van der Waals surface area contributed by atoms with Crippen molar-refractivity contribution >= 4 is 21.6 Å². The number of nitrogens with zero attached hydrogens (tertiary/aromatic N) is 2. The molecule has 1 heterocycles. The monoisotopic (exact) mass is 301 g/mol. The summed E-state index contributed by atoms with van der Waals surface area (Å²) in [4.78, 5) is 4.10. The Kier molecular flexibility index (Phi) is 3.96. The van der Waals surface area contributed by atoms with Gasteiger partial charge in [-0.3, -0.25) is 4.98 Å². The Bertz CT molecular complexity index is 575. The highest BCUT2D eigenvalue weighted by molar-refractivity contribution is 9.10. The minimum absolute atomic E-state index is 0.155. The van der Waals surface area contributed by atoms with E-state index in [-0.39, 0.29) is 6.04 Å².